The zero-order valence-corrected chi connectivity index (χ0v) is 14.6. The Morgan fingerprint density at radius 3 is 2.95 bits per heavy atom. The van der Waals surface area contributed by atoms with Crippen LogP contribution in [0.2, 0.25) is 5.02 Å². The van der Waals surface area contributed by atoms with Gasteiger partial charge in [0.25, 0.3) is 0 Å². The molecule has 0 aliphatic heterocycles. The van der Waals surface area contributed by atoms with E-state index in [0.29, 0.717) is 6.04 Å². The van der Waals surface area contributed by atoms with Crippen LogP contribution in [0.3, 0.4) is 0 Å². The van der Waals surface area contributed by atoms with E-state index in [1.807, 2.05) is 24.3 Å². The van der Waals surface area contributed by atoms with Gasteiger partial charge in [0.15, 0.2) is 4.34 Å². The average molecular weight is 351 g/mol. The van der Waals surface area contributed by atoms with Crippen molar-refractivity contribution in [3.8, 4) is 0 Å². The molecule has 0 aliphatic carbocycles. The number of halogens is 1. The summed E-state index contributed by atoms with van der Waals surface area (Å²) in [6.45, 7) is 4.17. The largest absolute Gasteiger partial charge is 0.358 e. The summed E-state index contributed by atoms with van der Waals surface area (Å²) in [6, 6.07) is 8.20. The molecule has 0 saturated heterocycles. The van der Waals surface area contributed by atoms with E-state index in [9.17, 15) is 0 Å². The van der Waals surface area contributed by atoms with Gasteiger partial charge in [-0.3, -0.25) is 4.98 Å². The Morgan fingerprint density at radius 2 is 2.14 bits per heavy atom. The lowest BCUT2D eigenvalue weighted by molar-refractivity contribution is 0.883. The molecular formula is C15H15ClN4S2. The Bertz CT molecular complexity index is 788. The van der Waals surface area contributed by atoms with Crippen LogP contribution in [0.4, 0.5) is 5.13 Å². The van der Waals surface area contributed by atoms with Crippen molar-refractivity contribution in [3.05, 3.63) is 41.0 Å². The molecule has 3 rings (SSSR count). The fourth-order valence-corrected chi connectivity index (χ4v) is 4.12. The summed E-state index contributed by atoms with van der Waals surface area (Å²) < 4.78 is 0.946. The predicted octanol–water partition coefficient (Wildman–Crippen LogP) is 4.85. The monoisotopic (exact) mass is 350 g/mol. The molecule has 0 radical (unpaired) electrons. The summed E-state index contributed by atoms with van der Waals surface area (Å²) in [5.41, 5.74) is 2.10. The van der Waals surface area contributed by atoms with Crippen molar-refractivity contribution in [3.63, 3.8) is 0 Å². The first-order valence-electron chi connectivity index (χ1n) is 6.88. The number of nitrogens with one attached hydrogen (secondary N) is 1. The molecule has 0 fully saturated rings. The Morgan fingerprint density at radius 1 is 1.27 bits per heavy atom. The third kappa shape index (κ3) is 3.51. The number of thioether (sulfide) groups is 1. The molecule has 0 saturated carbocycles. The topological polar surface area (TPSA) is 50.7 Å². The Labute approximate surface area is 142 Å². The number of nitrogens with zero attached hydrogens (tertiary/aromatic N) is 3. The van der Waals surface area contributed by atoms with E-state index in [2.05, 4.69) is 34.3 Å². The van der Waals surface area contributed by atoms with Crippen LogP contribution < -0.4 is 5.32 Å². The standard InChI is InChI=1S/C15H15ClN4S2/c1-9(2)18-14-19-20-15(22-14)21-8-10-5-6-12(16)11-4-3-7-17-13(10)11/h3-7,9H,8H2,1-2H3,(H,18,19). The van der Waals surface area contributed by atoms with Crippen LogP contribution in [-0.2, 0) is 5.75 Å². The predicted molar refractivity (Wildman–Crippen MR) is 95.0 cm³/mol. The fourth-order valence-electron chi connectivity index (χ4n) is 2.03. The third-order valence-corrected chi connectivity index (χ3v) is 5.34. The van der Waals surface area contributed by atoms with E-state index < -0.39 is 0 Å². The molecule has 22 heavy (non-hydrogen) atoms. The highest BCUT2D eigenvalue weighted by Crippen LogP contribution is 2.32. The molecule has 0 bridgehead atoms. The number of rotatable bonds is 5. The van der Waals surface area contributed by atoms with Gasteiger partial charge in [-0.15, -0.1) is 10.2 Å². The van der Waals surface area contributed by atoms with E-state index in [-0.39, 0.29) is 0 Å². The minimum Gasteiger partial charge on any atom is -0.358 e. The van der Waals surface area contributed by atoms with Crippen LogP contribution in [0.15, 0.2) is 34.8 Å². The molecule has 3 aromatic rings. The number of hydrogen-bond donors (Lipinski definition) is 1. The second kappa shape index (κ2) is 6.81. The first-order valence-corrected chi connectivity index (χ1v) is 9.06. The van der Waals surface area contributed by atoms with Gasteiger partial charge in [0, 0.05) is 28.4 Å². The van der Waals surface area contributed by atoms with Crippen LogP contribution in [0.25, 0.3) is 10.9 Å². The summed E-state index contributed by atoms with van der Waals surface area (Å²) >= 11 is 9.46. The van der Waals surface area contributed by atoms with E-state index in [4.69, 9.17) is 11.6 Å². The fraction of sp³-hybridized carbons (Fsp3) is 0.267. The molecule has 114 valence electrons. The number of fused-ring (bicyclic) bond motifs is 1. The summed E-state index contributed by atoms with van der Waals surface area (Å²) in [5, 5.41) is 14.2. The highest BCUT2D eigenvalue weighted by atomic mass is 35.5. The molecular weight excluding hydrogens is 336 g/mol. The second-order valence-corrected chi connectivity index (χ2v) is 7.67. The molecule has 0 amide bonds. The van der Waals surface area contributed by atoms with Crippen molar-refractivity contribution in [2.45, 2.75) is 30.0 Å². The number of anilines is 1. The van der Waals surface area contributed by atoms with Crippen LogP contribution in [0, 0.1) is 0 Å². The SMILES string of the molecule is CC(C)Nc1nnc(SCc2ccc(Cl)c3cccnc23)s1. The van der Waals surface area contributed by atoms with Crippen molar-refractivity contribution in [1.82, 2.24) is 15.2 Å². The summed E-state index contributed by atoms with van der Waals surface area (Å²) in [4.78, 5) is 4.46. The second-order valence-electron chi connectivity index (χ2n) is 5.07. The highest BCUT2D eigenvalue weighted by Gasteiger charge is 2.09. The first-order chi connectivity index (χ1) is 10.6. The van der Waals surface area contributed by atoms with Gasteiger partial charge in [-0.1, -0.05) is 40.8 Å². The normalized spacial score (nSPS) is 11.3. The lowest BCUT2D eigenvalue weighted by Crippen LogP contribution is -2.08. The van der Waals surface area contributed by atoms with E-state index >= 15 is 0 Å². The highest BCUT2D eigenvalue weighted by molar-refractivity contribution is 8.00. The number of aromatic nitrogens is 3. The lowest BCUT2D eigenvalue weighted by Gasteiger charge is -2.05. The van der Waals surface area contributed by atoms with E-state index in [0.717, 1.165) is 36.7 Å². The lowest BCUT2D eigenvalue weighted by atomic mass is 10.1. The van der Waals surface area contributed by atoms with Gasteiger partial charge in [-0.25, -0.2) is 0 Å². The van der Waals surface area contributed by atoms with E-state index in [1.54, 1.807) is 29.3 Å². The molecule has 0 aliphatic rings. The molecule has 1 aromatic carbocycles. The quantitative estimate of drug-likeness (QED) is 0.666. The van der Waals surface area contributed by atoms with Gasteiger partial charge in [0.05, 0.1) is 5.52 Å². The Hall–Kier alpha value is -1.37. The van der Waals surface area contributed by atoms with Gasteiger partial charge >= 0.3 is 0 Å². The summed E-state index contributed by atoms with van der Waals surface area (Å²) in [5.74, 6) is 0.793. The maximum Gasteiger partial charge on any atom is 0.206 e. The van der Waals surface area contributed by atoms with Crippen molar-refractivity contribution in [2.24, 2.45) is 0 Å². The molecule has 0 spiro atoms. The van der Waals surface area contributed by atoms with E-state index in [1.165, 1.54) is 0 Å². The maximum atomic E-state index is 6.22. The van der Waals surface area contributed by atoms with Gasteiger partial charge in [0.2, 0.25) is 5.13 Å². The van der Waals surface area contributed by atoms with Crippen molar-refractivity contribution in [2.75, 3.05) is 5.32 Å². The number of hydrogen-bond acceptors (Lipinski definition) is 6. The molecule has 2 heterocycles. The van der Waals surface area contributed by atoms with Crippen LogP contribution in [0.1, 0.15) is 19.4 Å². The van der Waals surface area contributed by atoms with Gasteiger partial charge in [-0.05, 0) is 37.6 Å². The van der Waals surface area contributed by atoms with Gasteiger partial charge in [0.1, 0.15) is 0 Å². The molecule has 7 heteroatoms. The zero-order valence-electron chi connectivity index (χ0n) is 12.2. The molecule has 0 atom stereocenters. The molecule has 4 nitrogen and oxygen atoms in total. The summed E-state index contributed by atoms with van der Waals surface area (Å²) in [7, 11) is 0. The Balaban J connectivity index is 1.77. The zero-order chi connectivity index (χ0) is 15.5. The number of benzene rings is 1. The van der Waals surface area contributed by atoms with Gasteiger partial charge in [-0.2, -0.15) is 0 Å². The van der Waals surface area contributed by atoms with Crippen LogP contribution in [0.5, 0.6) is 0 Å². The maximum absolute atomic E-state index is 6.22. The van der Waals surface area contributed by atoms with Crippen LogP contribution in [-0.4, -0.2) is 21.2 Å². The summed E-state index contributed by atoms with van der Waals surface area (Å²) in [6.07, 6.45) is 1.79. The van der Waals surface area contributed by atoms with Crippen molar-refractivity contribution < 1.29 is 0 Å². The van der Waals surface area contributed by atoms with Crippen LogP contribution >= 0.6 is 34.7 Å². The Kier molecular flexibility index (Phi) is 4.81. The first kappa shape index (κ1) is 15.5. The smallest absolute Gasteiger partial charge is 0.206 e. The third-order valence-electron chi connectivity index (χ3n) is 2.97. The van der Waals surface area contributed by atoms with Crippen molar-refractivity contribution in [1.29, 1.82) is 0 Å². The molecule has 0 unspecified atom stereocenters. The average Bonchev–Trinajstić information content (AvgIpc) is 2.94. The minimum atomic E-state index is 0.357. The molecule has 2 aromatic heterocycles. The number of pyridine rings is 1. The van der Waals surface area contributed by atoms with Gasteiger partial charge < -0.3 is 5.32 Å². The minimum absolute atomic E-state index is 0.357. The molecule has 1 N–H and O–H groups in total. The van der Waals surface area contributed by atoms with Crippen molar-refractivity contribution >= 4 is 50.7 Å².